The number of halogens is 3. The Morgan fingerprint density at radius 1 is 0.849 bits per heavy atom. The van der Waals surface area contributed by atoms with Gasteiger partial charge in [0.2, 0.25) is 0 Å². The number of pyridine rings is 1. The molecule has 5 aromatic rings. The normalized spacial score (nSPS) is 16.2. The van der Waals surface area contributed by atoms with Crippen LogP contribution in [0, 0.1) is 6.92 Å². The maximum absolute atomic E-state index is 14.2. The van der Waals surface area contributed by atoms with Crippen LogP contribution in [0.1, 0.15) is 34.0 Å². The zero-order valence-corrected chi connectivity index (χ0v) is 30.3. The number of anilines is 4. The standard InChI is InChI=1S/C40H45F3N8O2/c1-4-49-17-19-50(20-18-49)26-29-7-8-31(24-34(29)40(41,42)43)46-39(52)28-6-5-27(2)35(23-28)53-36-25-37(47-38-33(36)13-14-44-38)45-30-9-11-32(12-10-30)51-21-15-48(3)16-22-51/h5-14,23-25H,4,15-22,26H2,1-3H3,(H,46,52)(H2,44,45,47). The summed E-state index contributed by atoms with van der Waals surface area (Å²) >= 11 is 0. The number of H-pyrrole nitrogens is 1. The van der Waals surface area contributed by atoms with Crippen molar-refractivity contribution in [3.8, 4) is 11.5 Å². The molecule has 2 fully saturated rings. The summed E-state index contributed by atoms with van der Waals surface area (Å²) in [6.07, 6.45) is -2.79. The largest absolute Gasteiger partial charge is 0.456 e. The summed E-state index contributed by atoms with van der Waals surface area (Å²) < 4.78 is 49.1. The first-order chi connectivity index (χ1) is 25.5. The second kappa shape index (κ2) is 15.5. The second-order valence-corrected chi connectivity index (χ2v) is 13.8. The van der Waals surface area contributed by atoms with Gasteiger partial charge in [-0.25, -0.2) is 4.98 Å². The first-order valence-corrected chi connectivity index (χ1v) is 18.1. The maximum Gasteiger partial charge on any atom is 0.416 e. The van der Waals surface area contributed by atoms with Gasteiger partial charge in [0.05, 0.1) is 10.9 Å². The highest BCUT2D eigenvalue weighted by atomic mass is 19.4. The van der Waals surface area contributed by atoms with E-state index >= 15 is 0 Å². The van der Waals surface area contributed by atoms with Crippen LogP contribution in [0.5, 0.6) is 11.5 Å². The number of alkyl halides is 3. The van der Waals surface area contributed by atoms with E-state index in [0.29, 0.717) is 36.1 Å². The number of aromatic nitrogens is 2. The van der Waals surface area contributed by atoms with Crippen LogP contribution in [-0.2, 0) is 12.7 Å². The van der Waals surface area contributed by atoms with Gasteiger partial charge in [-0.15, -0.1) is 0 Å². The molecule has 4 heterocycles. The monoisotopic (exact) mass is 726 g/mol. The average Bonchev–Trinajstić information content (AvgIpc) is 3.63. The number of hydrogen-bond acceptors (Lipinski definition) is 8. The number of aryl methyl sites for hydroxylation is 1. The van der Waals surface area contributed by atoms with Crippen molar-refractivity contribution in [2.75, 3.05) is 81.5 Å². The maximum atomic E-state index is 14.2. The van der Waals surface area contributed by atoms with Crippen molar-refractivity contribution in [2.24, 2.45) is 0 Å². The van der Waals surface area contributed by atoms with Crippen LogP contribution in [0.3, 0.4) is 0 Å². The zero-order valence-electron chi connectivity index (χ0n) is 30.3. The molecule has 10 nitrogen and oxygen atoms in total. The number of ether oxygens (including phenoxy) is 1. The minimum Gasteiger partial charge on any atom is -0.456 e. The molecule has 2 aliphatic rings. The molecule has 3 aromatic carbocycles. The van der Waals surface area contributed by atoms with Crippen LogP contribution in [0.2, 0.25) is 0 Å². The Morgan fingerprint density at radius 2 is 1.57 bits per heavy atom. The molecule has 278 valence electrons. The van der Waals surface area contributed by atoms with Gasteiger partial charge in [-0.1, -0.05) is 19.1 Å². The fraction of sp³-hybridized carbons (Fsp3) is 0.350. The summed E-state index contributed by atoms with van der Waals surface area (Å²) in [5.41, 5.74) is 3.21. The molecule has 3 N–H and O–H groups in total. The van der Waals surface area contributed by atoms with Crippen molar-refractivity contribution in [3.05, 3.63) is 101 Å². The van der Waals surface area contributed by atoms with Gasteiger partial charge in [-0.3, -0.25) is 9.69 Å². The fourth-order valence-corrected chi connectivity index (χ4v) is 6.86. The summed E-state index contributed by atoms with van der Waals surface area (Å²) in [6, 6.07) is 20.9. The second-order valence-electron chi connectivity index (χ2n) is 13.8. The number of fused-ring (bicyclic) bond motifs is 1. The Labute approximate surface area is 307 Å². The van der Waals surface area contributed by atoms with Gasteiger partial charge >= 0.3 is 6.18 Å². The lowest BCUT2D eigenvalue weighted by Gasteiger charge is -2.34. The predicted molar refractivity (Wildman–Crippen MR) is 204 cm³/mol. The number of nitrogens with zero attached hydrogens (tertiary/aromatic N) is 5. The quantitative estimate of drug-likeness (QED) is 0.136. The van der Waals surface area contributed by atoms with Crippen molar-refractivity contribution in [1.29, 1.82) is 0 Å². The molecule has 2 aliphatic heterocycles. The molecule has 0 radical (unpaired) electrons. The van der Waals surface area contributed by atoms with Crippen molar-refractivity contribution >= 4 is 39.8 Å². The van der Waals surface area contributed by atoms with Gasteiger partial charge < -0.3 is 35.1 Å². The molecule has 2 aromatic heterocycles. The van der Waals surface area contributed by atoms with E-state index in [1.807, 2.05) is 30.0 Å². The third-order valence-electron chi connectivity index (χ3n) is 10.1. The zero-order chi connectivity index (χ0) is 37.1. The minimum atomic E-state index is -4.57. The topological polar surface area (TPSA) is 92.0 Å². The predicted octanol–water partition coefficient (Wildman–Crippen LogP) is 7.57. The van der Waals surface area contributed by atoms with E-state index in [9.17, 15) is 18.0 Å². The molecule has 0 saturated carbocycles. The number of piperazine rings is 2. The minimum absolute atomic E-state index is 0.0698. The average molecular weight is 727 g/mol. The summed E-state index contributed by atoms with van der Waals surface area (Å²) in [5.74, 6) is 0.981. The van der Waals surface area contributed by atoms with Crippen LogP contribution in [-0.4, -0.2) is 96.5 Å². The highest BCUT2D eigenvalue weighted by Gasteiger charge is 2.34. The molecule has 0 spiro atoms. The number of nitrogens with one attached hydrogen (secondary N) is 3. The summed E-state index contributed by atoms with van der Waals surface area (Å²) in [5, 5.41) is 6.80. The molecule has 2 saturated heterocycles. The first kappa shape index (κ1) is 36.3. The third kappa shape index (κ3) is 8.59. The van der Waals surface area contributed by atoms with Gasteiger partial charge in [0.1, 0.15) is 23.0 Å². The molecule has 0 atom stereocenters. The van der Waals surface area contributed by atoms with Crippen LogP contribution in [0.15, 0.2) is 79.0 Å². The van der Waals surface area contributed by atoms with Crippen LogP contribution in [0.4, 0.5) is 36.1 Å². The van der Waals surface area contributed by atoms with Crippen molar-refractivity contribution in [1.82, 2.24) is 24.7 Å². The van der Waals surface area contributed by atoms with Crippen LogP contribution < -0.4 is 20.3 Å². The number of aromatic amines is 1. The number of carbonyl (C=O) groups is 1. The summed E-state index contributed by atoms with van der Waals surface area (Å²) in [6.45, 7) is 12.2. The lowest BCUT2D eigenvalue weighted by molar-refractivity contribution is -0.138. The van der Waals surface area contributed by atoms with Gasteiger partial charge in [-0.05, 0) is 86.2 Å². The summed E-state index contributed by atoms with van der Waals surface area (Å²) in [4.78, 5) is 30.3. The molecule has 7 rings (SSSR count). The van der Waals surface area contributed by atoms with E-state index in [1.165, 1.54) is 17.8 Å². The molecule has 0 aliphatic carbocycles. The first-order valence-electron chi connectivity index (χ1n) is 18.1. The highest BCUT2D eigenvalue weighted by Crippen LogP contribution is 2.36. The van der Waals surface area contributed by atoms with E-state index in [4.69, 9.17) is 9.72 Å². The van der Waals surface area contributed by atoms with Crippen molar-refractivity contribution < 1.29 is 22.7 Å². The van der Waals surface area contributed by atoms with Gasteiger partial charge in [0.25, 0.3) is 5.91 Å². The number of carbonyl (C=O) groups excluding carboxylic acids is 1. The molecule has 0 bridgehead atoms. The van der Waals surface area contributed by atoms with Crippen molar-refractivity contribution in [2.45, 2.75) is 26.6 Å². The Hall–Kier alpha value is -5.11. The van der Waals surface area contributed by atoms with E-state index in [1.54, 1.807) is 30.5 Å². The Kier molecular flexibility index (Phi) is 10.6. The Bertz CT molecular complexity index is 2050. The molecular weight excluding hydrogens is 681 g/mol. The van der Waals surface area contributed by atoms with E-state index in [-0.39, 0.29) is 23.4 Å². The molecule has 13 heteroatoms. The Morgan fingerprint density at radius 3 is 2.28 bits per heavy atom. The summed E-state index contributed by atoms with van der Waals surface area (Å²) in [7, 11) is 2.14. The van der Waals surface area contributed by atoms with Gasteiger partial charge in [0.15, 0.2) is 0 Å². The van der Waals surface area contributed by atoms with E-state index < -0.39 is 17.6 Å². The van der Waals surface area contributed by atoms with E-state index in [2.05, 4.69) is 56.4 Å². The number of hydrogen-bond donors (Lipinski definition) is 3. The van der Waals surface area contributed by atoms with Gasteiger partial charge in [-0.2, -0.15) is 13.2 Å². The lowest BCUT2D eigenvalue weighted by Crippen LogP contribution is -2.45. The highest BCUT2D eigenvalue weighted by molar-refractivity contribution is 6.04. The SMILES string of the molecule is CCN1CCN(Cc2ccc(NC(=O)c3ccc(C)c(Oc4cc(Nc5ccc(N6CCN(C)CC6)cc5)nc5[nH]ccc45)c3)cc2C(F)(F)F)CC1. The van der Waals surface area contributed by atoms with Crippen molar-refractivity contribution in [3.63, 3.8) is 0 Å². The number of amides is 1. The number of likely N-dealkylation sites (N-methyl/N-ethyl adjacent to an activating group) is 2. The third-order valence-corrected chi connectivity index (χ3v) is 10.1. The van der Waals surface area contributed by atoms with Gasteiger partial charge in [0, 0.05) is 93.8 Å². The van der Waals surface area contributed by atoms with Crippen LogP contribution >= 0.6 is 0 Å². The Balaban J connectivity index is 1.06. The molecule has 53 heavy (non-hydrogen) atoms. The smallest absolute Gasteiger partial charge is 0.416 e. The lowest BCUT2D eigenvalue weighted by atomic mass is 10.0. The molecule has 0 unspecified atom stereocenters. The molecule has 1 amide bonds. The van der Waals surface area contributed by atoms with Crippen LogP contribution in [0.25, 0.3) is 11.0 Å². The number of rotatable bonds is 10. The fourth-order valence-electron chi connectivity index (χ4n) is 6.86. The van der Waals surface area contributed by atoms with E-state index in [0.717, 1.165) is 68.5 Å². The number of benzene rings is 3. The molecular formula is C40H45F3N8O2.